The largest absolute Gasteiger partial charge is 0.480 e. The van der Waals surface area contributed by atoms with Gasteiger partial charge in [-0.2, -0.15) is 0 Å². The zero-order valence-corrected chi connectivity index (χ0v) is 10.1. The maximum atomic E-state index is 12.3. The van der Waals surface area contributed by atoms with Gasteiger partial charge in [0.15, 0.2) is 5.65 Å². The van der Waals surface area contributed by atoms with Gasteiger partial charge in [-0.15, -0.1) is 10.2 Å². The SMILES string of the molecule is O=C(O)[C@@H]1CCCN1C(=O)c1ccc2nncn2c1. The van der Waals surface area contributed by atoms with Crippen LogP contribution in [-0.2, 0) is 4.79 Å². The number of carbonyl (C=O) groups excluding carboxylic acids is 1. The van der Waals surface area contributed by atoms with E-state index in [0.717, 1.165) is 6.42 Å². The highest BCUT2D eigenvalue weighted by atomic mass is 16.4. The second kappa shape index (κ2) is 4.34. The first-order chi connectivity index (χ1) is 9.16. The standard InChI is InChI=1S/C12H12N4O3/c17-11(16-5-1-2-9(16)12(18)19)8-3-4-10-14-13-7-15(10)6-8/h3-4,6-7,9H,1-2,5H2,(H,18,19)/t9-/m0/s1. The van der Waals surface area contributed by atoms with Crippen molar-refractivity contribution in [3.63, 3.8) is 0 Å². The van der Waals surface area contributed by atoms with E-state index in [1.807, 2.05) is 0 Å². The summed E-state index contributed by atoms with van der Waals surface area (Å²) in [4.78, 5) is 24.8. The zero-order valence-electron chi connectivity index (χ0n) is 10.1. The van der Waals surface area contributed by atoms with Crippen LogP contribution < -0.4 is 0 Å². The number of fused-ring (bicyclic) bond motifs is 1. The lowest BCUT2D eigenvalue weighted by Gasteiger charge is -2.21. The molecule has 1 N–H and O–H groups in total. The number of pyridine rings is 1. The van der Waals surface area contributed by atoms with Crippen molar-refractivity contribution >= 4 is 17.5 Å². The van der Waals surface area contributed by atoms with Gasteiger partial charge in [0.2, 0.25) is 0 Å². The first kappa shape index (κ1) is 11.6. The number of aromatic nitrogens is 3. The molecule has 0 saturated carbocycles. The van der Waals surface area contributed by atoms with Crippen LogP contribution in [0.5, 0.6) is 0 Å². The van der Waals surface area contributed by atoms with Crippen molar-refractivity contribution < 1.29 is 14.7 Å². The maximum absolute atomic E-state index is 12.3. The second-order valence-corrected chi connectivity index (χ2v) is 4.51. The minimum absolute atomic E-state index is 0.263. The molecule has 0 aliphatic carbocycles. The molecule has 3 rings (SSSR count). The highest BCUT2D eigenvalue weighted by Crippen LogP contribution is 2.20. The van der Waals surface area contributed by atoms with Crippen molar-refractivity contribution in [1.29, 1.82) is 0 Å². The summed E-state index contributed by atoms with van der Waals surface area (Å²) in [6.45, 7) is 0.482. The van der Waals surface area contributed by atoms with Gasteiger partial charge in [-0.05, 0) is 25.0 Å². The number of hydrogen-bond acceptors (Lipinski definition) is 4. The number of carbonyl (C=O) groups is 2. The molecule has 0 unspecified atom stereocenters. The van der Waals surface area contributed by atoms with Crippen molar-refractivity contribution in [2.75, 3.05) is 6.54 Å². The number of hydrogen-bond donors (Lipinski definition) is 1. The fourth-order valence-electron chi connectivity index (χ4n) is 2.39. The summed E-state index contributed by atoms with van der Waals surface area (Å²) in [5, 5.41) is 16.7. The zero-order chi connectivity index (χ0) is 13.4. The van der Waals surface area contributed by atoms with Crippen LogP contribution >= 0.6 is 0 Å². The number of likely N-dealkylation sites (tertiary alicyclic amines) is 1. The highest BCUT2D eigenvalue weighted by Gasteiger charge is 2.34. The van der Waals surface area contributed by atoms with Crippen molar-refractivity contribution in [3.05, 3.63) is 30.2 Å². The average molecular weight is 260 g/mol. The molecule has 1 amide bonds. The molecule has 0 radical (unpaired) electrons. The minimum atomic E-state index is -0.948. The van der Waals surface area contributed by atoms with E-state index in [1.165, 1.54) is 11.2 Å². The van der Waals surface area contributed by atoms with Crippen LogP contribution in [0.25, 0.3) is 5.65 Å². The van der Waals surface area contributed by atoms with Gasteiger partial charge in [-0.25, -0.2) is 4.79 Å². The first-order valence-electron chi connectivity index (χ1n) is 6.00. The Morgan fingerprint density at radius 3 is 3.00 bits per heavy atom. The Morgan fingerprint density at radius 1 is 1.37 bits per heavy atom. The molecule has 7 nitrogen and oxygen atoms in total. The Hall–Kier alpha value is -2.44. The Labute approximate surface area is 108 Å². The summed E-state index contributed by atoms with van der Waals surface area (Å²) >= 11 is 0. The Balaban J connectivity index is 1.92. The van der Waals surface area contributed by atoms with Crippen LogP contribution in [0.1, 0.15) is 23.2 Å². The van der Waals surface area contributed by atoms with E-state index in [1.54, 1.807) is 22.7 Å². The molecule has 98 valence electrons. The number of nitrogens with zero attached hydrogens (tertiary/aromatic N) is 4. The lowest BCUT2D eigenvalue weighted by atomic mass is 10.2. The van der Waals surface area contributed by atoms with Crippen molar-refractivity contribution in [2.24, 2.45) is 0 Å². The van der Waals surface area contributed by atoms with Gasteiger partial charge in [-0.1, -0.05) is 0 Å². The van der Waals surface area contributed by atoms with E-state index < -0.39 is 12.0 Å². The molecule has 2 aromatic rings. The molecular formula is C12H12N4O3. The fourth-order valence-corrected chi connectivity index (χ4v) is 2.39. The Bertz CT molecular complexity index is 651. The van der Waals surface area contributed by atoms with Gasteiger partial charge < -0.3 is 10.0 Å². The molecule has 1 aliphatic heterocycles. The van der Waals surface area contributed by atoms with Gasteiger partial charge in [-0.3, -0.25) is 9.20 Å². The van der Waals surface area contributed by atoms with Crippen LogP contribution in [0.4, 0.5) is 0 Å². The van der Waals surface area contributed by atoms with E-state index in [0.29, 0.717) is 24.2 Å². The normalized spacial score (nSPS) is 18.9. The molecule has 1 aliphatic rings. The molecule has 2 aromatic heterocycles. The van der Waals surface area contributed by atoms with E-state index in [9.17, 15) is 9.59 Å². The third-order valence-electron chi connectivity index (χ3n) is 3.34. The lowest BCUT2D eigenvalue weighted by molar-refractivity contribution is -0.141. The van der Waals surface area contributed by atoms with Crippen LogP contribution in [0, 0.1) is 0 Å². The van der Waals surface area contributed by atoms with Gasteiger partial charge in [0.1, 0.15) is 12.4 Å². The lowest BCUT2D eigenvalue weighted by Crippen LogP contribution is -2.40. The van der Waals surface area contributed by atoms with Crippen LogP contribution in [0.2, 0.25) is 0 Å². The number of rotatable bonds is 2. The number of amides is 1. The van der Waals surface area contributed by atoms with Crippen molar-refractivity contribution in [3.8, 4) is 0 Å². The first-order valence-corrected chi connectivity index (χ1v) is 6.00. The van der Waals surface area contributed by atoms with Gasteiger partial charge in [0, 0.05) is 12.7 Å². The second-order valence-electron chi connectivity index (χ2n) is 4.51. The smallest absolute Gasteiger partial charge is 0.326 e. The predicted octanol–water partition coefficient (Wildman–Crippen LogP) is 0.418. The molecule has 3 heterocycles. The summed E-state index contributed by atoms with van der Waals surface area (Å²) in [7, 11) is 0. The van der Waals surface area contributed by atoms with Gasteiger partial charge >= 0.3 is 5.97 Å². The number of carboxylic acids is 1. The quantitative estimate of drug-likeness (QED) is 0.845. The Morgan fingerprint density at radius 2 is 2.21 bits per heavy atom. The van der Waals surface area contributed by atoms with Crippen molar-refractivity contribution in [1.82, 2.24) is 19.5 Å². The van der Waals surface area contributed by atoms with E-state index >= 15 is 0 Å². The van der Waals surface area contributed by atoms with Crippen LogP contribution in [0.3, 0.4) is 0 Å². The van der Waals surface area contributed by atoms with Crippen molar-refractivity contribution in [2.45, 2.75) is 18.9 Å². The summed E-state index contributed by atoms with van der Waals surface area (Å²) < 4.78 is 1.64. The van der Waals surface area contributed by atoms with E-state index in [-0.39, 0.29) is 5.91 Å². The van der Waals surface area contributed by atoms with E-state index in [2.05, 4.69) is 10.2 Å². The molecule has 1 fully saturated rings. The molecule has 0 bridgehead atoms. The number of carboxylic acid groups (broad SMARTS) is 1. The van der Waals surface area contributed by atoms with Crippen LogP contribution in [0.15, 0.2) is 24.7 Å². The molecule has 19 heavy (non-hydrogen) atoms. The Kier molecular flexibility index (Phi) is 2.66. The molecule has 7 heteroatoms. The molecule has 0 spiro atoms. The molecular weight excluding hydrogens is 248 g/mol. The fraction of sp³-hybridized carbons (Fsp3) is 0.333. The van der Waals surface area contributed by atoms with E-state index in [4.69, 9.17) is 5.11 Å². The third-order valence-corrected chi connectivity index (χ3v) is 3.34. The maximum Gasteiger partial charge on any atom is 0.326 e. The summed E-state index contributed by atoms with van der Waals surface area (Å²) in [5.41, 5.74) is 1.09. The monoisotopic (exact) mass is 260 g/mol. The summed E-state index contributed by atoms with van der Waals surface area (Å²) in [6.07, 6.45) is 4.35. The topological polar surface area (TPSA) is 87.8 Å². The summed E-state index contributed by atoms with van der Waals surface area (Å²) in [6, 6.07) is 2.61. The third kappa shape index (κ3) is 1.92. The molecule has 1 atom stereocenters. The van der Waals surface area contributed by atoms with Gasteiger partial charge in [0.25, 0.3) is 5.91 Å². The molecule has 0 aromatic carbocycles. The molecule has 1 saturated heterocycles. The minimum Gasteiger partial charge on any atom is -0.480 e. The van der Waals surface area contributed by atoms with Crippen LogP contribution in [-0.4, -0.2) is 49.1 Å². The van der Waals surface area contributed by atoms with Gasteiger partial charge in [0.05, 0.1) is 5.56 Å². The summed E-state index contributed by atoms with van der Waals surface area (Å²) in [5.74, 6) is -1.21. The predicted molar refractivity (Wildman–Crippen MR) is 64.7 cm³/mol. The number of aliphatic carboxylic acids is 1. The highest BCUT2D eigenvalue weighted by molar-refractivity contribution is 5.96. The average Bonchev–Trinajstić information content (AvgIpc) is 3.05.